The van der Waals surface area contributed by atoms with Gasteiger partial charge < -0.3 is 15.2 Å². The number of aliphatic carboxylic acids is 1. The van der Waals surface area contributed by atoms with E-state index in [1.54, 1.807) is 12.3 Å². The van der Waals surface area contributed by atoms with Crippen LogP contribution in [0.2, 0.25) is 0 Å². The minimum atomic E-state index is -1.16. The van der Waals surface area contributed by atoms with Crippen LogP contribution >= 0.6 is 22.9 Å². The predicted molar refractivity (Wildman–Crippen MR) is 59.5 cm³/mol. The minimum Gasteiger partial charge on any atom is -0.549 e. The van der Waals surface area contributed by atoms with E-state index in [4.69, 9.17) is 11.6 Å². The summed E-state index contributed by atoms with van der Waals surface area (Å²) in [6, 6.07) is 0. The van der Waals surface area contributed by atoms with Crippen molar-refractivity contribution in [1.29, 1.82) is 0 Å². The standard InChI is InChI=1S/C9H11ClN2O3S/c1-2-5(8(14)15)6-4-16-9(11-6)12-7(13)3-10/h4-5H,2-3H2,1H3,(H,14,15)(H,11,12,13)/p-1. The average molecular weight is 262 g/mol. The summed E-state index contributed by atoms with van der Waals surface area (Å²) in [5.74, 6) is -2.43. The van der Waals surface area contributed by atoms with E-state index >= 15 is 0 Å². The summed E-state index contributed by atoms with van der Waals surface area (Å²) in [4.78, 5) is 25.7. The van der Waals surface area contributed by atoms with Crippen molar-refractivity contribution in [3.63, 3.8) is 0 Å². The van der Waals surface area contributed by atoms with E-state index in [2.05, 4.69) is 10.3 Å². The van der Waals surface area contributed by atoms with E-state index in [-0.39, 0.29) is 11.8 Å². The molecule has 0 bridgehead atoms. The van der Waals surface area contributed by atoms with Crippen molar-refractivity contribution in [2.75, 3.05) is 11.2 Å². The van der Waals surface area contributed by atoms with Gasteiger partial charge in [0.2, 0.25) is 5.91 Å². The highest BCUT2D eigenvalue weighted by molar-refractivity contribution is 7.14. The highest BCUT2D eigenvalue weighted by Gasteiger charge is 2.15. The van der Waals surface area contributed by atoms with E-state index < -0.39 is 11.9 Å². The SMILES string of the molecule is CCC(C(=O)[O-])c1csc(NC(=O)CCl)n1. The molecule has 0 aliphatic heterocycles. The lowest BCUT2D eigenvalue weighted by atomic mass is 10.0. The Bertz CT molecular complexity index is 394. The van der Waals surface area contributed by atoms with Gasteiger partial charge in [-0.1, -0.05) is 6.92 Å². The van der Waals surface area contributed by atoms with E-state index in [1.807, 2.05) is 0 Å². The van der Waals surface area contributed by atoms with Crippen LogP contribution in [0.15, 0.2) is 5.38 Å². The third-order valence-corrected chi connectivity index (χ3v) is 2.96. The Labute approximate surface area is 101 Å². The van der Waals surface area contributed by atoms with Crippen LogP contribution in [0.3, 0.4) is 0 Å². The molecule has 1 rings (SSSR count). The molecule has 0 aliphatic carbocycles. The first-order valence-electron chi connectivity index (χ1n) is 4.60. The number of halogens is 1. The lowest BCUT2D eigenvalue weighted by molar-refractivity contribution is -0.308. The molecule has 1 atom stereocenters. The molecule has 7 heteroatoms. The number of alkyl halides is 1. The molecule has 0 spiro atoms. The van der Waals surface area contributed by atoms with Crippen molar-refractivity contribution in [2.45, 2.75) is 19.3 Å². The summed E-state index contributed by atoms with van der Waals surface area (Å²) in [5.41, 5.74) is 0.400. The summed E-state index contributed by atoms with van der Waals surface area (Å²) >= 11 is 6.47. The summed E-state index contributed by atoms with van der Waals surface area (Å²) < 4.78 is 0. The minimum absolute atomic E-state index is 0.160. The Balaban J connectivity index is 2.77. The molecular formula is C9H10ClN2O3S-. The number of hydrogen-bond donors (Lipinski definition) is 1. The molecule has 1 unspecified atom stereocenters. The van der Waals surface area contributed by atoms with Gasteiger partial charge in [-0.25, -0.2) is 4.98 Å². The highest BCUT2D eigenvalue weighted by atomic mass is 35.5. The largest absolute Gasteiger partial charge is 0.549 e. The van der Waals surface area contributed by atoms with Crippen molar-refractivity contribution in [2.24, 2.45) is 0 Å². The fourth-order valence-corrected chi connectivity index (χ4v) is 2.00. The van der Waals surface area contributed by atoms with E-state index in [9.17, 15) is 14.7 Å². The molecule has 1 N–H and O–H groups in total. The Morgan fingerprint density at radius 1 is 1.69 bits per heavy atom. The summed E-state index contributed by atoms with van der Waals surface area (Å²) in [6.07, 6.45) is 0.398. The first-order valence-corrected chi connectivity index (χ1v) is 6.02. The van der Waals surface area contributed by atoms with Crippen molar-refractivity contribution >= 4 is 39.9 Å². The van der Waals surface area contributed by atoms with Gasteiger partial charge in [0.25, 0.3) is 0 Å². The van der Waals surface area contributed by atoms with Crippen LogP contribution in [0.1, 0.15) is 25.0 Å². The highest BCUT2D eigenvalue weighted by Crippen LogP contribution is 2.24. The van der Waals surface area contributed by atoms with Gasteiger partial charge in [-0.2, -0.15) is 0 Å². The van der Waals surface area contributed by atoms with Gasteiger partial charge in [-0.05, 0) is 6.42 Å². The second-order valence-corrected chi connectivity index (χ2v) is 4.16. The van der Waals surface area contributed by atoms with Gasteiger partial charge in [0.05, 0.1) is 11.7 Å². The monoisotopic (exact) mass is 261 g/mol. The zero-order chi connectivity index (χ0) is 12.1. The molecular weight excluding hydrogens is 252 g/mol. The second kappa shape index (κ2) is 5.81. The van der Waals surface area contributed by atoms with Crippen LogP contribution in [-0.4, -0.2) is 22.7 Å². The van der Waals surface area contributed by atoms with Crippen LogP contribution in [0.4, 0.5) is 5.13 Å². The smallest absolute Gasteiger partial charge is 0.241 e. The topological polar surface area (TPSA) is 82.1 Å². The number of rotatable bonds is 5. The van der Waals surface area contributed by atoms with Gasteiger partial charge in [0, 0.05) is 11.3 Å². The first-order chi connectivity index (χ1) is 7.58. The van der Waals surface area contributed by atoms with E-state index in [0.717, 1.165) is 11.3 Å². The third kappa shape index (κ3) is 3.18. The summed E-state index contributed by atoms with van der Waals surface area (Å²) in [5, 5.41) is 15.2. The molecule has 0 saturated heterocycles. The van der Waals surface area contributed by atoms with Crippen LogP contribution < -0.4 is 10.4 Å². The normalized spacial score (nSPS) is 12.1. The third-order valence-electron chi connectivity index (χ3n) is 1.94. The van der Waals surface area contributed by atoms with E-state index in [0.29, 0.717) is 17.2 Å². The summed E-state index contributed by atoms with van der Waals surface area (Å²) in [7, 11) is 0. The Morgan fingerprint density at radius 3 is 2.88 bits per heavy atom. The average Bonchev–Trinajstić information content (AvgIpc) is 2.66. The van der Waals surface area contributed by atoms with Crippen molar-refractivity contribution in [1.82, 2.24) is 4.98 Å². The molecule has 88 valence electrons. The summed E-state index contributed by atoms with van der Waals surface area (Å²) in [6.45, 7) is 1.73. The lowest BCUT2D eigenvalue weighted by Gasteiger charge is -2.12. The Hall–Kier alpha value is -1.14. The predicted octanol–water partition coefficient (Wildman–Crippen LogP) is 0.564. The lowest BCUT2D eigenvalue weighted by Crippen LogP contribution is -2.29. The Morgan fingerprint density at radius 2 is 2.38 bits per heavy atom. The fraction of sp³-hybridized carbons (Fsp3) is 0.444. The molecule has 1 aromatic rings. The van der Waals surface area contributed by atoms with Crippen LogP contribution in [-0.2, 0) is 9.59 Å². The van der Waals surface area contributed by atoms with Crippen LogP contribution in [0.5, 0.6) is 0 Å². The number of anilines is 1. The maximum absolute atomic E-state index is 11.0. The number of carboxylic acid groups (broad SMARTS) is 1. The van der Waals surface area contributed by atoms with Crippen molar-refractivity contribution in [3.05, 3.63) is 11.1 Å². The quantitative estimate of drug-likeness (QED) is 0.786. The number of carboxylic acids is 1. The molecule has 0 radical (unpaired) electrons. The van der Waals surface area contributed by atoms with E-state index in [1.165, 1.54) is 0 Å². The molecule has 1 heterocycles. The maximum Gasteiger partial charge on any atom is 0.241 e. The number of thiazole rings is 1. The molecule has 1 aromatic heterocycles. The van der Waals surface area contributed by atoms with Gasteiger partial charge >= 0.3 is 0 Å². The number of nitrogens with zero attached hydrogens (tertiary/aromatic N) is 1. The molecule has 1 amide bonds. The molecule has 5 nitrogen and oxygen atoms in total. The van der Waals surface area contributed by atoms with Crippen molar-refractivity contribution in [3.8, 4) is 0 Å². The van der Waals surface area contributed by atoms with Gasteiger partial charge in [0.1, 0.15) is 5.88 Å². The first kappa shape index (κ1) is 12.9. The number of hydrogen-bond acceptors (Lipinski definition) is 5. The number of nitrogens with one attached hydrogen (secondary N) is 1. The van der Waals surface area contributed by atoms with Crippen LogP contribution in [0, 0.1) is 0 Å². The molecule has 0 saturated carbocycles. The van der Waals surface area contributed by atoms with Gasteiger partial charge in [0.15, 0.2) is 5.13 Å². The fourth-order valence-electron chi connectivity index (χ4n) is 1.15. The van der Waals surface area contributed by atoms with Crippen LogP contribution in [0.25, 0.3) is 0 Å². The number of aromatic nitrogens is 1. The second-order valence-electron chi connectivity index (χ2n) is 3.04. The van der Waals surface area contributed by atoms with Gasteiger partial charge in [-0.3, -0.25) is 4.79 Å². The molecule has 16 heavy (non-hydrogen) atoms. The Kier molecular flexibility index (Phi) is 4.70. The number of carbonyl (C=O) groups is 2. The molecule has 0 aliphatic rings. The number of carbonyl (C=O) groups excluding carboxylic acids is 2. The zero-order valence-corrected chi connectivity index (χ0v) is 10.1. The van der Waals surface area contributed by atoms with Crippen molar-refractivity contribution < 1.29 is 14.7 Å². The van der Waals surface area contributed by atoms with Gasteiger partial charge in [-0.15, -0.1) is 22.9 Å². The molecule has 0 fully saturated rings. The number of amides is 1. The zero-order valence-electron chi connectivity index (χ0n) is 8.53. The molecule has 0 aromatic carbocycles. The maximum atomic E-state index is 11.0.